The average molecular weight is 616 g/mol. The van der Waals surface area contributed by atoms with E-state index in [4.69, 9.17) is 14.4 Å². The van der Waals surface area contributed by atoms with Gasteiger partial charge in [0.1, 0.15) is 5.76 Å². The van der Waals surface area contributed by atoms with E-state index in [-0.39, 0.29) is 5.76 Å². The van der Waals surface area contributed by atoms with E-state index in [9.17, 15) is 9.90 Å². The first kappa shape index (κ1) is 29.2. The maximum atomic E-state index is 11.2. The lowest BCUT2D eigenvalue weighted by Gasteiger charge is -2.22. The molecule has 1 atom stereocenters. The van der Waals surface area contributed by atoms with Gasteiger partial charge in [-0.25, -0.2) is 9.78 Å². The smallest absolute Gasteiger partial charge is 0.371 e. The predicted molar refractivity (Wildman–Crippen MR) is 180 cm³/mol. The summed E-state index contributed by atoms with van der Waals surface area (Å²) in [5, 5.41) is 12.3. The Morgan fingerprint density at radius 2 is 1.71 bits per heavy atom. The quantitative estimate of drug-likeness (QED) is 0.155. The van der Waals surface area contributed by atoms with Crippen LogP contribution in [0, 0.1) is 0 Å². The van der Waals surface area contributed by atoms with Crippen LogP contribution in [0.25, 0.3) is 22.5 Å². The summed E-state index contributed by atoms with van der Waals surface area (Å²) in [6.07, 6.45) is 17.9. The van der Waals surface area contributed by atoms with Gasteiger partial charge < -0.3 is 14.5 Å². The number of aryl methyl sites for hydroxylation is 2. The van der Waals surface area contributed by atoms with E-state index in [0.717, 1.165) is 46.3 Å². The minimum Gasteiger partial charge on any atom is -0.475 e. The van der Waals surface area contributed by atoms with Crippen molar-refractivity contribution in [1.29, 1.82) is 0 Å². The number of rotatable bonds is 11. The number of hydrogen-bond acceptors (Lipinski definition) is 5. The van der Waals surface area contributed by atoms with Crippen molar-refractivity contribution in [2.24, 2.45) is 4.99 Å². The zero-order valence-corrected chi connectivity index (χ0v) is 26.1. The molecule has 3 aromatic heterocycles. The topological polar surface area (TPSA) is 91.5 Å². The highest BCUT2D eigenvalue weighted by Gasteiger charge is 2.32. The number of aromatic carboxylic acids is 1. The highest BCUT2D eigenvalue weighted by molar-refractivity contribution is 7.10. The first-order valence-corrected chi connectivity index (χ1v) is 16.8. The molecule has 1 unspecified atom stereocenters. The van der Waals surface area contributed by atoms with Crippen molar-refractivity contribution < 1.29 is 14.3 Å². The van der Waals surface area contributed by atoms with Gasteiger partial charge in [0.2, 0.25) is 5.76 Å². The van der Waals surface area contributed by atoms with Crippen LogP contribution in [0.5, 0.6) is 0 Å². The van der Waals surface area contributed by atoms with Crippen molar-refractivity contribution >= 4 is 23.5 Å². The molecule has 7 rings (SSSR count). The summed E-state index contributed by atoms with van der Waals surface area (Å²) in [7, 11) is 0. The fraction of sp³-hybridized carbons (Fsp3) is 0.289. The highest BCUT2D eigenvalue weighted by atomic mass is 32.1. The fourth-order valence-electron chi connectivity index (χ4n) is 6.66. The summed E-state index contributed by atoms with van der Waals surface area (Å²) in [5.41, 5.74) is 8.00. The van der Waals surface area contributed by atoms with Crippen LogP contribution in [-0.2, 0) is 25.7 Å². The third kappa shape index (κ3) is 6.79. The van der Waals surface area contributed by atoms with Crippen molar-refractivity contribution in [3.63, 3.8) is 0 Å². The number of carboxylic acid groups (broad SMARTS) is 1. The standard InChI is InChI=1S/C38H37N3O3S/c42-37(43)35-18-17-32(44-35)22-38(19-4-20-40-38)23-36-41-34(25-45-36)31-15-13-30(14-16-31)33-21-27(24-39-33)8-7-26-9-11-29(12-10-26)28-5-2-1-3-6-28/h4,9-21,24-25,28,39H,1-3,5-8,22-23H2,(H,42,43). The Bertz CT molecular complexity index is 1810. The van der Waals surface area contributed by atoms with Gasteiger partial charge in [-0.15, -0.1) is 11.3 Å². The first-order chi connectivity index (χ1) is 22.0. The molecule has 0 bridgehead atoms. The largest absolute Gasteiger partial charge is 0.475 e. The van der Waals surface area contributed by atoms with Gasteiger partial charge in [0, 0.05) is 41.9 Å². The number of nitrogens with zero attached hydrogens (tertiary/aromatic N) is 2. The van der Waals surface area contributed by atoms with E-state index >= 15 is 0 Å². The van der Waals surface area contributed by atoms with Crippen LogP contribution in [-0.4, -0.2) is 32.8 Å². The lowest BCUT2D eigenvalue weighted by molar-refractivity contribution is 0.0660. The van der Waals surface area contributed by atoms with Crippen LogP contribution >= 0.6 is 11.3 Å². The van der Waals surface area contributed by atoms with Gasteiger partial charge >= 0.3 is 5.97 Å². The normalized spacial score (nSPS) is 18.1. The third-order valence-electron chi connectivity index (χ3n) is 9.18. The molecule has 0 spiro atoms. The van der Waals surface area contributed by atoms with Crippen LogP contribution in [0.3, 0.4) is 0 Å². The van der Waals surface area contributed by atoms with Gasteiger partial charge in [-0.1, -0.05) is 73.9 Å². The first-order valence-electron chi connectivity index (χ1n) is 15.9. The zero-order valence-electron chi connectivity index (χ0n) is 25.2. The summed E-state index contributed by atoms with van der Waals surface area (Å²) in [5.74, 6) is 0.227. The van der Waals surface area contributed by atoms with Crippen LogP contribution in [0.1, 0.15) is 76.0 Å². The monoisotopic (exact) mass is 615 g/mol. The molecule has 1 aliphatic carbocycles. The number of allylic oxidation sites excluding steroid dienone is 1. The fourth-order valence-corrected chi connectivity index (χ4v) is 7.58. The molecular weight excluding hydrogens is 579 g/mol. The Morgan fingerprint density at radius 1 is 0.933 bits per heavy atom. The van der Waals surface area contributed by atoms with E-state index < -0.39 is 11.5 Å². The Morgan fingerprint density at radius 3 is 2.44 bits per heavy atom. The lowest BCUT2D eigenvalue weighted by Crippen LogP contribution is -2.28. The van der Waals surface area contributed by atoms with Gasteiger partial charge in [0.15, 0.2) is 0 Å². The van der Waals surface area contributed by atoms with E-state index in [1.54, 1.807) is 23.6 Å². The second-order valence-electron chi connectivity index (χ2n) is 12.4. The third-order valence-corrected chi connectivity index (χ3v) is 10.0. The summed E-state index contributed by atoms with van der Waals surface area (Å²) < 4.78 is 5.52. The molecule has 2 N–H and O–H groups in total. The molecule has 2 aromatic carbocycles. The summed E-state index contributed by atoms with van der Waals surface area (Å²) in [6.45, 7) is 0. The molecule has 228 valence electrons. The molecular formula is C38H37N3O3S. The molecule has 2 aliphatic rings. The number of furan rings is 1. The number of aliphatic imine (C=N–C) groups is 1. The van der Waals surface area contributed by atoms with E-state index in [1.165, 1.54) is 54.9 Å². The van der Waals surface area contributed by atoms with Gasteiger partial charge in [0.05, 0.1) is 16.2 Å². The maximum absolute atomic E-state index is 11.2. The van der Waals surface area contributed by atoms with E-state index in [1.807, 2.05) is 12.2 Å². The Kier molecular flexibility index (Phi) is 8.35. The summed E-state index contributed by atoms with van der Waals surface area (Å²) in [4.78, 5) is 24.4. The maximum Gasteiger partial charge on any atom is 0.371 e. The van der Waals surface area contributed by atoms with E-state index in [0.29, 0.717) is 18.6 Å². The number of thiazole rings is 1. The number of aromatic nitrogens is 2. The van der Waals surface area contributed by atoms with Gasteiger partial charge in [-0.2, -0.15) is 0 Å². The molecule has 0 radical (unpaired) electrons. The van der Waals surface area contributed by atoms with Gasteiger partial charge in [0.25, 0.3) is 0 Å². The number of benzene rings is 2. The van der Waals surface area contributed by atoms with Crippen molar-refractivity contribution in [3.8, 4) is 22.5 Å². The van der Waals surface area contributed by atoms with Gasteiger partial charge in [-0.05, 0) is 78.1 Å². The molecule has 45 heavy (non-hydrogen) atoms. The Balaban J connectivity index is 0.963. The number of nitrogens with one attached hydrogen (secondary N) is 1. The predicted octanol–water partition coefficient (Wildman–Crippen LogP) is 9.09. The molecule has 0 amide bonds. The lowest BCUT2D eigenvalue weighted by atomic mass is 9.84. The van der Waals surface area contributed by atoms with Crippen LogP contribution in [0.4, 0.5) is 0 Å². The number of carboxylic acids is 1. The molecule has 4 heterocycles. The Labute approximate surface area is 267 Å². The highest BCUT2D eigenvalue weighted by Crippen LogP contribution is 2.34. The number of carbonyl (C=O) groups is 1. The number of hydrogen-bond donors (Lipinski definition) is 2. The van der Waals surface area contributed by atoms with Crippen molar-refractivity contribution in [1.82, 2.24) is 9.97 Å². The number of H-pyrrole nitrogens is 1. The molecule has 0 saturated heterocycles. The number of aromatic amines is 1. The van der Waals surface area contributed by atoms with Crippen molar-refractivity contribution in [2.75, 3.05) is 0 Å². The van der Waals surface area contributed by atoms with Crippen LogP contribution in [0.2, 0.25) is 0 Å². The minimum atomic E-state index is -1.07. The molecule has 1 fully saturated rings. The van der Waals surface area contributed by atoms with Crippen molar-refractivity contribution in [3.05, 3.63) is 124 Å². The van der Waals surface area contributed by atoms with Gasteiger partial charge in [-0.3, -0.25) is 4.99 Å². The molecule has 1 aliphatic heterocycles. The second-order valence-corrected chi connectivity index (χ2v) is 13.3. The SMILES string of the molecule is O=C(O)c1ccc(CC2(Cc3nc(-c4ccc(-c5cc(CCc6ccc(C7CCCCC7)cc6)c[nH]5)cc4)cs3)C=CC=N2)o1. The van der Waals surface area contributed by atoms with E-state index in [2.05, 4.69) is 71.2 Å². The molecule has 1 saturated carbocycles. The molecule has 5 aromatic rings. The Hall–Kier alpha value is -4.49. The molecule has 7 heteroatoms. The minimum absolute atomic E-state index is 0.0586. The van der Waals surface area contributed by atoms with Crippen LogP contribution < -0.4 is 0 Å². The average Bonchev–Trinajstić information content (AvgIpc) is 3.90. The molecule has 6 nitrogen and oxygen atoms in total. The zero-order chi connectivity index (χ0) is 30.6. The summed E-state index contributed by atoms with van der Waals surface area (Å²) >= 11 is 1.62. The van der Waals surface area contributed by atoms with Crippen molar-refractivity contribution in [2.45, 2.75) is 69.2 Å². The van der Waals surface area contributed by atoms with Crippen LogP contribution in [0.15, 0.2) is 99.9 Å². The summed E-state index contributed by atoms with van der Waals surface area (Å²) in [6, 6.07) is 23.4. The second kappa shape index (κ2) is 12.9.